The molecule has 2 unspecified atom stereocenters. The topological polar surface area (TPSA) is 55.6 Å². The molecule has 0 saturated carbocycles. The number of hydrogen-bond donors (Lipinski definition) is 1. The molecule has 1 aromatic rings. The predicted octanol–water partition coefficient (Wildman–Crippen LogP) is 2.28. The molecule has 1 aromatic carbocycles. The third-order valence-electron chi connectivity index (χ3n) is 4.56. The van der Waals surface area contributed by atoms with E-state index in [-0.39, 0.29) is 17.9 Å². The Bertz CT molecular complexity index is 542. The second kappa shape index (κ2) is 5.09. The van der Waals surface area contributed by atoms with E-state index >= 15 is 0 Å². The quantitative estimate of drug-likeness (QED) is 0.842. The number of benzene rings is 1. The van der Waals surface area contributed by atoms with Crippen molar-refractivity contribution in [1.82, 2.24) is 0 Å². The molecule has 1 fully saturated rings. The van der Waals surface area contributed by atoms with E-state index in [2.05, 4.69) is 13.0 Å². The molecule has 2 aliphatic heterocycles. The maximum absolute atomic E-state index is 12.8. The van der Waals surface area contributed by atoms with Gasteiger partial charge in [0.05, 0.1) is 12.0 Å². The molecule has 0 aliphatic carbocycles. The summed E-state index contributed by atoms with van der Waals surface area (Å²) in [7, 11) is 0. The van der Waals surface area contributed by atoms with Gasteiger partial charge in [0.1, 0.15) is 0 Å². The lowest BCUT2D eigenvalue weighted by Crippen LogP contribution is -2.38. The zero-order valence-electron chi connectivity index (χ0n) is 12.2. The van der Waals surface area contributed by atoms with Gasteiger partial charge < -0.3 is 15.4 Å². The summed E-state index contributed by atoms with van der Waals surface area (Å²) < 4.78 is 5.65. The number of anilines is 2. The normalized spacial score (nSPS) is 25.0. The van der Waals surface area contributed by atoms with E-state index in [0.717, 1.165) is 42.7 Å². The van der Waals surface area contributed by atoms with Crippen LogP contribution >= 0.6 is 0 Å². The number of hydrogen-bond acceptors (Lipinski definition) is 3. The summed E-state index contributed by atoms with van der Waals surface area (Å²) in [4.78, 5) is 14.7. The predicted molar refractivity (Wildman–Crippen MR) is 79.8 cm³/mol. The molecule has 2 N–H and O–H groups in total. The van der Waals surface area contributed by atoms with Crippen molar-refractivity contribution < 1.29 is 9.53 Å². The molecule has 0 bridgehead atoms. The van der Waals surface area contributed by atoms with Gasteiger partial charge in [-0.3, -0.25) is 4.79 Å². The zero-order chi connectivity index (χ0) is 14.3. The molecule has 20 heavy (non-hydrogen) atoms. The van der Waals surface area contributed by atoms with Crippen LogP contribution in [0, 0.1) is 12.8 Å². The van der Waals surface area contributed by atoms with Gasteiger partial charge in [0.25, 0.3) is 0 Å². The standard InChI is InChI=1S/C16H22N2O2/c1-3-15-12(5-7-20-15)16(19)18-6-4-11-8-10(2)13(17)9-14(11)18/h8-9,12,15H,3-7,17H2,1-2H3. The molecule has 0 aromatic heterocycles. The number of carbonyl (C=O) groups excluding carboxylic acids is 1. The monoisotopic (exact) mass is 274 g/mol. The largest absolute Gasteiger partial charge is 0.398 e. The first-order valence-corrected chi connectivity index (χ1v) is 7.43. The third kappa shape index (κ3) is 2.08. The second-order valence-electron chi connectivity index (χ2n) is 5.79. The molecule has 0 radical (unpaired) electrons. The summed E-state index contributed by atoms with van der Waals surface area (Å²) in [6, 6.07) is 4.06. The third-order valence-corrected chi connectivity index (χ3v) is 4.56. The van der Waals surface area contributed by atoms with E-state index in [0.29, 0.717) is 6.61 Å². The lowest BCUT2D eigenvalue weighted by Gasteiger charge is -2.24. The van der Waals surface area contributed by atoms with Crippen LogP contribution in [-0.4, -0.2) is 25.2 Å². The van der Waals surface area contributed by atoms with Crippen LogP contribution in [0.5, 0.6) is 0 Å². The average molecular weight is 274 g/mol. The maximum Gasteiger partial charge on any atom is 0.232 e. The van der Waals surface area contributed by atoms with Crippen molar-refractivity contribution in [3.8, 4) is 0 Å². The molecule has 1 amide bonds. The van der Waals surface area contributed by atoms with Crippen LogP contribution in [0.15, 0.2) is 12.1 Å². The van der Waals surface area contributed by atoms with Crippen molar-refractivity contribution in [2.24, 2.45) is 5.92 Å². The minimum atomic E-state index is 0.00785. The van der Waals surface area contributed by atoms with Gasteiger partial charge in [-0.25, -0.2) is 0 Å². The summed E-state index contributed by atoms with van der Waals surface area (Å²) in [5, 5.41) is 0. The van der Waals surface area contributed by atoms with Crippen molar-refractivity contribution in [3.63, 3.8) is 0 Å². The fraction of sp³-hybridized carbons (Fsp3) is 0.562. The number of ether oxygens (including phenoxy) is 1. The van der Waals surface area contributed by atoms with E-state index in [1.165, 1.54) is 5.56 Å². The lowest BCUT2D eigenvalue weighted by atomic mass is 9.98. The molecule has 4 heteroatoms. The SMILES string of the molecule is CCC1OCCC1C(=O)N1CCc2cc(C)c(N)cc21. The Morgan fingerprint density at radius 1 is 1.50 bits per heavy atom. The molecular formula is C16H22N2O2. The van der Waals surface area contributed by atoms with Crippen molar-refractivity contribution in [2.75, 3.05) is 23.8 Å². The highest BCUT2D eigenvalue weighted by molar-refractivity contribution is 5.98. The molecule has 3 rings (SSSR count). The van der Waals surface area contributed by atoms with Crippen LogP contribution in [0.3, 0.4) is 0 Å². The van der Waals surface area contributed by atoms with E-state index in [4.69, 9.17) is 10.5 Å². The van der Waals surface area contributed by atoms with Gasteiger partial charge in [0, 0.05) is 24.5 Å². The molecule has 2 atom stereocenters. The Hall–Kier alpha value is -1.55. The number of aryl methyl sites for hydroxylation is 1. The van der Waals surface area contributed by atoms with Crippen molar-refractivity contribution in [3.05, 3.63) is 23.3 Å². The van der Waals surface area contributed by atoms with E-state index in [9.17, 15) is 4.79 Å². The number of carbonyl (C=O) groups is 1. The molecule has 1 saturated heterocycles. The van der Waals surface area contributed by atoms with Crippen LogP contribution in [0.25, 0.3) is 0 Å². The molecule has 108 valence electrons. The average Bonchev–Trinajstić information content (AvgIpc) is 3.05. The smallest absolute Gasteiger partial charge is 0.232 e. The van der Waals surface area contributed by atoms with Gasteiger partial charge in [-0.15, -0.1) is 0 Å². The first-order valence-electron chi connectivity index (χ1n) is 7.43. The molecule has 2 heterocycles. The van der Waals surface area contributed by atoms with Crippen LogP contribution < -0.4 is 10.6 Å². The number of amides is 1. The van der Waals surface area contributed by atoms with Crippen LogP contribution in [0.2, 0.25) is 0 Å². The summed E-state index contributed by atoms with van der Waals surface area (Å²) >= 11 is 0. The minimum Gasteiger partial charge on any atom is -0.398 e. The summed E-state index contributed by atoms with van der Waals surface area (Å²) in [5.74, 6) is 0.213. The van der Waals surface area contributed by atoms with Crippen LogP contribution in [0.4, 0.5) is 11.4 Å². The summed E-state index contributed by atoms with van der Waals surface area (Å²) in [6.07, 6.45) is 2.74. The first-order chi connectivity index (χ1) is 9.61. The maximum atomic E-state index is 12.8. The Morgan fingerprint density at radius 3 is 3.05 bits per heavy atom. The Balaban J connectivity index is 1.87. The molecular weight excluding hydrogens is 252 g/mol. The number of nitrogen functional groups attached to an aromatic ring is 1. The number of rotatable bonds is 2. The number of nitrogens with two attached hydrogens (primary N) is 1. The fourth-order valence-corrected chi connectivity index (χ4v) is 3.34. The van der Waals surface area contributed by atoms with Gasteiger partial charge in [-0.1, -0.05) is 13.0 Å². The molecule has 4 nitrogen and oxygen atoms in total. The Labute approximate surface area is 119 Å². The zero-order valence-corrected chi connectivity index (χ0v) is 12.2. The van der Waals surface area contributed by atoms with Gasteiger partial charge >= 0.3 is 0 Å². The van der Waals surface area contributed by atoms with Crippen LogP contribution in [-0.2, 0) is 16.0 Å². The summed E-state index contributed by atoms with van der Waals surface area (Å²) in [5.41, 5.74) is 10.1. The number of nitrogens with zero attached hydrogens (tertiary/aromatic N) is 1. The van der Waals surface area contributed by atoms with Gasteiger partial charge in [0.15, 0.2) is 0 Å². The van der Waals surface area contributed by atoms with Crippen molar-refractivity contribution >= 4 is 17.3 Å². The van der Waals surface area contributed by atoms with Gasteiger partial charge in [-0.05, 0) is 43.4 Å². The van der Waals surface area contributed by atoms with Gasteiger partial charge in [0.2, 0.25) is 5.91 Å². The highest BCUT2D eigenvalue weighted by Crippen LogP contribution is 2.35. The van der Waals surface area contributed by atoms with Crippen LogP contribution in [0.1, 0.15) is 30.9 Å². The minimum absolute atomic E-state index is 0.00785. The van der Waals surface area contributed by atoms with E-state index < -0.39 is 0 Å². The fourth-order valence-electron chi connectivity index (χ4n) is 3.34. The Morgan fingerprint density at radius 2 is 2.30 bits per heavy atom. The van der Waals surface area contributed by atoms with Crippen molar-refractivity contribution in [1.29, 1.82) is 0 Å². The second-order valence-corrected chi connectivity index (χ2v) is 5.79. The summed E-state index contributed by atoms with van der Waals surface area (Å²) in [6.45, 7) is 5.56. The highest BCUT2D eigenvalue weighted by Gasteiger charge is 2.37. The highest BCUT2D eigenvalue weighted by atomic mass is 16.5. The van der Waals surface area contributed by atoms with Gasteiger partial charge in [-0.2, -0.15) is 0 Å². The lowest BCUT2D eigenvalue weighted by molar-refractivity contribution is -0.123. The van der Waals surface area contributed by atoms with E-state index in [1.807, 2.05) is 17.9 Å². The first kappa shape index (κ1) is 13.4. The molecule has 0 spiro atoms. The Kier molecular flexibility index (Phi) is 3.42. The number of fused-ring (bicyclic) bond motifs is 1. The molecule has 2 aliphatic rings. The van der Waals surface area contributed by atoms with Crippen molar-refractivity contribution in [2.45, 2.75) is 39.2 Å². The van der Waals surface area contributed by atoms with E-state index in [1.54, 1.807) is 0 Å².